The second-order valence-electron chi connectivity index (χ2n) is 7.41. The molecule has 0 aliphatic rings. The number of esters is 1. The molecule has 0 aliphatic heterocycles. The van der Waals surface area contributed by atoms with Crippen molar-refractivity contribution >= 4 is 28.2 Å². The van der Waals surface area contributed by atoms with Crippen LogP contribution in [0.15, 0.2) is 66.0 Å². The van der Waals surface area contributed by atoms with Crippen molar-refractivity contribution in [1.82, 2.24) is 4.98 Å². The summed E-state index contributed by atoms with van der Waals surface area (Å²) in [5, 5.41) is 5.33. The first-order chi connectivity index (χ1) is 14.6. The molecule has 4 aromatic rings. The number of benzene rings is 2. The Labute approximate surface area is 180 Å². The fourth-order valence-electron chi connectivity index (χ4n) is 3.85. The Bertz CT molecular complexity index is 1170. The van der Waals surface area contributed by atoms with Gasteiger partial charge in [0.05, 0.1) is 23.1 Å². The Morgan fingerprint density at radius 3 is 2.53 bits per heavy atom. The molecule has 2 aromatic carbocycles. The number of aryl methyl sites for hydroxylation is 2. The number of hydrogen-bond donors (Lipinski definition) is 1. The predicted octanol–water partition coefficient (Wildman–Crippen LogP) is 4.55. The van der Waals surface area contributed by atoms with Gasteiger partial charge in [-0.25, -0.2) is 9.78 Å². The summed E-state index contributed by atoms with van der Waals surface area (Å²) < 4.78 is 5.09. The first-order valence-corrected chi connectivity index (χ1v) is 10.9. The predicted molar refractivity (Wildman–Crippen MR) is 121 cm³/mol. The van der Waals surface area contributed by atoms with Crippen molar-refractivity contribution in [2.24, 2.45) is 0 Å². The summed E-state index contributed by atoms with van der Waals surface area (Å²) in [6.45, 7) is 4.64. The van der Waals surface area contributed by atoms with E-state index in [1.54, 1.807) is 11.3 Å². The van der Waals surface area contributed by atoms with Crippen molar-refractivity contribution in [3.05, 3.63) is 98.9 Å². The van der Waals surface area contributed by atoms with E-state index in [0.29, 0.717) is 12.1 Å². The van der Waals surface area contributed by atoms with Crippen LogP contribution >= 0.6 is 11.3 Å². The number of carbonyl (C=O) groups excluding carboxylic acids is 1. The number of aromatic nitrogens is 1. The Morgan fingerprint density at radius 1 is 1.07 bits per heavy atom. The maximum Gasteiger partial charge on any atom is 0.340 e. The number of carbonyl (C=O) groups is 1. The van der Waals surface area contributed by atoms with Crippen LogP contribution in [-0.4, -0.2) is 18.1 Å². The SMILES string of the molecule is COC(=O)c1c(C[NH2+][C@@H](c2ccc(C)cc2)c2cccs2)nc2ccccc2c1C. The standard InChI is InChI=1S/C25H24N2O2S/c1-16-10-12-18(13-11-16)24(22-9-6-14-30-22)26-15-21-23(25(28)29-3)17(2)19-7-4-5-8-20(19)27-21/h4-14,24,26H,15H2,1-3H3/p+1/t24-/m0/s1. The number of rotatable bonds is 6. The third kappa shape index (κ3) is 3.99. The lowest BCUT2D eigenvalue weighted by Gasteiger charge is -2.17. The minimum Gasteiger partial charge on any atom is -0.465 e. The number of hydrogen-bond acceptors (Lipinski definition) is 4. The van der Waals surface area contributed by atoms with Crippen LogP contribution in [0.2, 0.25) is 0 Å². The molecule has 0 radical (unpaired) electrons. The smallest absolute Gasteiger partial charge is 0.340 e. The zero-order chi connectivity index (χ0) is 21.1. The molecule has 0 aliphatic carbocycles. The zero-order valence-electron chi connectivity index (χ0n) is 17.4. The molecule has 2 N–H and O–H groups in total. The van der Waals surface area contributed by atoms with E-state index >= 15 is 0 Å². The highest BCUT2D eigenvalue weighted by molar-refractivity contribution is 7.10. The van der Waals surface area contributed by atoms with Crippen molar-refractivity contribution in [3.63, 3.8) is 0 Å². The number of nitrogens with two attached hydrogens (primary N) is 1. The lowest BCUT2D eigenvalue weighted by atomic mass is 10.00. The van der Waals surface area contributed by atoms with Crippen LogP contribution in [0.5, 0.6) is 0 Å². The molecular formula is C25H25N2O2S+. The van der Waals surface area contributed by atoms with Gasteiger partial charge in [-0.05, 0) is 36.9 Å². The Hall–Kier alpha value is -3.02. The minimum atomic E-state index is -0.336. The van der Waals surface area contributed by atoms with Crippen LogP contribution in [0.4, 0.5) is 0 Å². The summed E-state index contributed by atoms with van der Waals surface area (Å²) in [5.74, 6) is -0.336. The quantitative estimate of drug-likeness (QED) is 0.468. The van der Waals surface area contributed by atoms with Crippen LogP contribution in [0.25, 0.3) is 10.9 Å². The molecule has 2 heterocycles. The molecule has 1 atom stereocenters. The van der Waals surface area contributed by atoms with E-state index in [0.717, 1.165) is 22.2 Å². The van der Waals surface area contributed by atoms with Crippen molar-refractivity contribution in [2.45, 2.75) is 26.4 Å². The van der Waals surface area contributed by atoms with Crippen LogP contribution in [-0.2, 0) is 11.3 Å². The maximum absolute atomic E-state index is 12.6. The second kappa shape index (κ2) is 8.78. The zero-order valence-corrected chi connectivity index (χ0v) is 18.2. The number of ether oxygens (including phenoxy) is 1. The molecular weight excluding hydrogens is 392 g/mol. The number of fused-ring (bicyclic) bond motifs is 1. The molecule has 0 amide bonds. The molecule has 0 fully saturated rings. The van der Waals surface area contributed by atoms with Gasteiger partial charge in [0, 0.05) is 10.9 Å². The average molecular weight is 418 g/mol. The summed E-state index contributed by atoms with van der Waals surface area (Å²) in [6, 6.07) is 20.9. The second-order valence-corrected chi connectivity index (χ2v) is 8.39. The third-order valence-electron chi connectivity index (χ3n) is 5.45. The summed E-state index contributed by atoms with van der Waals surface area (Å²) in [7, 11) is 1.42. The van der Waals surface area contributed by atoms with Crippen molar-refractivity contribution < 1.29 is 14.8 Å². The van der Waals surface area contributed by atoms with Gasteiger partial charge >= 0.3 is 5.97 Å². The van der Waals surface area contributed by atoms with Crippen molar-refractivity contribution in [3.8, 4) is 0 Å². The normalized spacial score (nSPS) is 12.1. The van der Waals surface area contributed by atoms with Gasteiger partial charge in [-0.2, -0.15) is 0 Å². The first-order valence-electron chi connectivity index (χ1n) is 9.98. The van der Waals surface area contributed by atoms with Crippen molar-refractivity contribution in [1.29, 1.82) is 0 Å². The van der Waals surface area contributed by atoms with E-state index in [9.17, 15) is 4.79 Å². The number of quaternary nitrogens is 1. The van der Waals surface area contributed by atoms with Gasteiger partial charge in [0.15, 0.2) is 0 Å². The van der Waals surface area contributed by atoms with Gasteiger partial charge in [0.2, 0.25) is 0 Å². The Balaban J connectivity index is 1.73. The molecule has 0 bridgehead atoms. The topological polar surface area (TPSA) is 55.8 Å². The number of para-hydroxylation sites is 1. The summed E-state index contributed by atoms with van der Waals surface area (Å²) in [5.41, 5.74) is 5.62. The molecule has 0 saturated carbocycles. The van der Waals surface area contributed by atoms with E-state index in [1.807, 2.05) is 31.2 Å². The fourth-order valence-corrected chi connectivity index (χ4v) is 4.70. The molecule has 0 unspecified atom stereocenters. The van der Waals surface area contributed by atoms with Gasteiger partial charge in [-0.1, -0.05) is 54.1 Å². The number of nitrogens with zero attached hydrogens (tertiary/aromatic N) is 1. The lowest BCUT2D eigenvalue weighted by molar-refractivity contribution is -0.702. The lowest BCUT2D eigenvalue weighted by Crippen LogP contribution is -2.84. The number of methoxy groups -OCH3 is 1. The number of thiophene rings is 1. The van der Waals surface area contributed by atoms with Gasteiger partial charge in [-0.3, -0.25) is 0 Å². The van der Waals surface area contributed by atoms with Gasteiger partial charge in [0.1, 0.15) is 18.3 Å². The highest BCUT2D eigenvalue weighted by Gasteiger charge is 2.24. The van der Waals surface area contributed by atoms with E-state index in [4.69, 9.17) is 9.72 Å². The highest BCUT2D eigenvalue weighted by Crippen LogP contribution is 2.25. The van der Waals surface area contributed by atoms with Gasteiger partial charge < -0.3 is 10.1 Å². The van der Waals surface area contributed by atoms with Crippen LogP contribution in [0.1, 0.15) is 43.7 Å². The van der Waals surface area contributed by atoms with Crippen LogP contribution in [0, 0.1) is 13.8 Å². The molecule has 0 spiro atoms. The average Bonchev–Trinajstić information content (AvgIpc) is 3.29. The molecule has 2 aromatic heterocycles. The van der Waals surface area contributed by atoms with Crippen molar-refractivity contribution in [2.75, 3.05) is 7.11 Å². The molecule has 5 heteroatoms. The van der Waals surface area contributed by atoms with E-state index < -0.39 is 0 Å². The number of pyridine rings is 1. The molecule has 4 nitrogen and oxygen atoms in total. The van der Waals surface area contributed by atoms with Crippen LogP contribution < -0.4 is 5.32 Å². The van der Waals surface area contributed by atoms with E-state index in [2.05, 4.69) is 54.0 Å². The van der Waals surface area contributed by atoms with Crippen LogP contribution in [0.3, 0.4) is 0 Å². The monoisotopic (exact) mass is 417 g/mol. The Morgan fingerprint density at radius 2 is 1.83 bits per heavy atom. The summed E-state index contributed by atoms with van der Waals surface area (Å²) >= 11 is 1.74. The van der Waals surface area contributed by atoms with Gasteiger partial charge in [-0.15, -0.1) is 11.3 Å². The van der Waals surface area contributed by atoms with E-state index in [1.165, 1.54) is 23.1 Å². The Kier molecular flexibility index (Phi) is 5.93. The fraction of sp³-hybridized carbons (Fsp3) is 0.200. The molecule has 30 heavy (non-hydrogen) atoms. The molecule has 0 saturated heterocycles. The largest absolute Gasteiger partial charge is 0.465 e. The third-order valence-corrected chi connectivity index (χ3v) is 6.41. The minimum absolute atomic E-state index is 0.143. The summed E-state index contributed by atoms with van der Waals surface area (Å²) in [6.07, 6.45) is 0. The van der Waals surface area contributed by atoms with Gasteiger partial charge in [0.25, 0.3) is 0 Å². The first kappa shape index (κ1) is 20.3. The maximum atomic E-state index is 12.6. The molecule has 4 rings (SSSR count). The summed E-state index contributed by atoms with van der Waals surface area (Å²) in [4.78, 5) is 18.7. The highest BCUT2D eigenvalue weighted by atomic mass is 32.1. The van der Waals surface area contributed by atoms with E-state index in [-0.39, 0.29) is 12.0 Å². The molecule has 152 valence electrons.